The molecule has 0 aliphatic rings. The normalized spacial score (nSPS) is 11.2. The average Bonchev–Trinajstić information content (AvgIpc) is 2.80. The van der Waals surface area contributed by atoms with Crippen molar-refractivity contribution in [1.29, 1.82) is 0 Å². The van der Waals surface area contributed by atoms with Gasteiger partial charge in [0, 0.05) is 25.8 Å². The van der Waals surface area contributed by atoms with Crippen LogP contribution in [0.2, 0.25) is 0 Å². The first-order valence-corrected chi connectivity index (χ1v) is 8.68. The number of rotatable bonds is 3. The van der Waals surface area contributed by atoms with E-state index >= 15 is 0 Å². The molecule has 1 aromatic heterocycles. The average molecular weight is 456 g/mol. The van der Waals surface area contributed by atoms with Crippen molar-refractivity contribution in [3.8, 4) is 11.4 Å². The molecule has 108 valence electrons. The number of fused-ring (bicyclic) bond motifs is 1. The van der Waals surface area contributed by atoms with E-state index in [0.717, 1.165) is 49.1 Å². The third-order valence-corrected chi connectivity index (χ3v) is 4.58. The fraction of sp³-hybridized carbons (Fsp3) is 0.188. The summed E-state index contributed by atoms with van der Waals surface area (Å²) in [6, 6.07) is 12.3. The zero-order chi connectivity index (χ0) is 15.0. The van der Waals surface area contributed by atoms with Crippen LogP contribution in [-0.2, 0) is 6.54 Å². The Balaban J connectivity index is 2.30. The summed E-state index contributed by atoms with van der Waals surface area (Å²) in [5, 5.41) is 0. The second kappa shape index (κ2) is 5.96. The third kappa shape index (κ3) is 2.81. The Hall–Kier alpha value is -1.08. The number of benzene rings is 2. The molecule has 0 fully saturated rings. The summed E-state index contributed by atoms with van der Waals surface area (Å²) in [6.45, 7) is 3.10. The highest BCUT2D eigenvalue weighted by atomic mass is 127. The Bertz CT molecular complexity index is 811. The largest absolute Gasteiger partial charge is 0.398 e. The lowest BCUT2D eigenvalue weighted by molar-refractivity contribution is 0.704. The summed E-state index contributed by atoms with van der Waals surface area (Å²) in [6.07, 6.45) is 1.05. The summed E-state index contributed by atoms with van der Waals surface area (Å²) < 4.78 is 4.45. The molecule has 0 spiro atoms. The second-order valence-corrected chi connectivity index (χ2v) is 7.11. The van der Waals surface area contributed by atoms with Crippen molar-refractivity contribution in [1.82, 2.24) is 9.55 Å². The quantitative estimate of drug-likeness (QED) is 0.443. The number of imidazole rings is 1. The van der Waals surface area contributed by atoms with Crippen molar-refractivity contribution >= 4 is 55.2 Å². The number of aryl methyl sites for hydroxylation is 1. The minimum Gasteiger partial charge on any atom is -0.398 e. The summed E-state index contributed by atoms with van der Waals surface area (Å²) >= 11 is 5.82. The Morgan fingerprint density at radius 2 is 2.05 bits per heavy atom. The highest BCUT2D eigenvalue weighted by molar-refractivity contribution is 14.1. The fourth-order valence-electron chi connectivity index (χ4n) is 2.48. The molecule has 0 unspecified atom stereocenters. The molecule has 3 rings (SSSR count). The summed E-state index contributed by atoms with van der Waals surface area (Å²) in [4.78, 5) is 4.81. The number of nitrogen functional groups attached to an aromatic ring is 1. The molecule has 3 nitrogen and oxygen atoms in total. The highest BCUT2D eigenvalue weighted by Gasteiger charge is 2.14. The molecule has 0 atom stereocenters. The molecule has 2 aromatic carbocycles. The van der Waals surface area contributed by atoms with Crippen molar-refractivity contribution in [3.05, 3.63) is 44.4 Å². The zero-order valence-electron chi connectivity index (χ0n) is 11.6. The van der Waals surface area contributed by atoms with Gasteiger partial charge in [0.05, 0.1) is 11.0 Å². The van der Waals surface area contributed by atoms with Crippen molar-refractivity contribution in [2.45, 2.75) is 19.9 Å². The molecule has 0 amide bonds. The third-order valence-electron chi connectivity index (χ3n) is 3.41. The van der Waals surface area contributed by atoms with Gasteiger partial charge in [0.1, 0.15) is 5.82 Å². The number of nitrogens with zero attached hydrogens (tertiary/aromatic N) is 2. The standard InChI is InChI=1S/C16H15BrIN3/c1-2-7-21-15-6-3-10(17)8-14(15)20-16(21)12-9-11(18)4-5-13(12)19/h3-6,8-9H,2,7,19H2,1H3. The lowest BCUT2D eigenvalue weighted by Crippen LogP contribution is -2.02. The summed E-state index contributed by atoms with van der Waals surface area (Å²) in [5.41, 5.74) is 10.1. The van der Waals surface area contributed by atoms with Crippen LogP contribution in [0.15, 0.2) is 40.9 Å². The predicted molar refractivity (Wildman–Crippen MR) is 100 cm³/mol. The van der Waals surface area contributed by atoms with Gasteiger partial charge in [0.15, 0.2) is 0 Å². The minimum atomic E-state index is 0.766. The van der Waals surface area contributed by atoms with E-state index in [0.29, 0.717) is 0 Å². The Morgan fingerprint density at radius 1 is 1.24 bits per heavy atom. The van der Waals surface area contributed by atoms with Crippen LogP contribution in [0.25, 0.3) is 22.4 Å². The molecule has 2 N–H and O–H groups in total. The first-order valence-electron chi connectivity index (χ1n) is 6.81. The van der Waals surface area contributed by atoms with Gasteiger partial charge in [-0.15, -0.1) is 0 Å². The van der Waals surface area contributed by atoms with Crippen molar-refractivity contribution < 1.29 is 0 Å². The fourth-order valence-corrected chi connectivity index (χ4v) is 3.32. The van der Waals surface area contributed by atoms with Crippen LogP contribution in [0.1, 0.15) is 13.3 Å². The lowest BCUT2D eigenvalue weighted by Gasteiger charge is -2.10. The number of aromatic nitrogens is 2. The Kier molecular flexibility index (Phi) is 4.21. The van der Waals surface area contributed by atoms with E-state index in [1.165, 1.54) is 0 Å². The molecule has 0 aliphatic heterocycles. The van der Waals surface area contributed by atoms with Gasteiger partial charge in [-0.25, -0.2) is 4.98 Å². The first kappa shape index (κ1) is 14.8. The van der Waals surface area contributed by atoms with Crippen LogP contribution in [-0.4, -0.2) is 9.55 Å². The van der Waals surface area contributed by atoms with E-state index in [9.17, 15) is 0 Å². The van der Waals surface area contributed by atoms with Gasteiger partial charge in [-0.05, 0) is 65.4 Å². The van der Waals surface area contributed by atoms with E-state index < -0.39 is 0 Å². The van der Waals surface area contributed by atoms with Crippen LogP contribution in [0.5, 0.6) is 0 Å². The smallest absolute Gasteiger partial charge is 0.143 e. The molecule has 0 aliphatic carbocycles. The first-order chi connectivity index (χ1) is 10.1. The number of hydrogen-bond acceptors (Lipinski definition) is 2. The van der Waals surface area contributed by atoms with Gasteiger partial charge >= 0.3 is 0 Å². The van der Waals surface area contributed by atoms with Gasteiger partial charge in [-0.3, -0.25) is 0 Å². The van der Waals surface area contributed by atoms with E-state index in [4.69, 9.17) is 10.7 Å². The topological polar surface area (TPSA) is 43.8 Å². The van der Waals surface area contributed by atoms with Gasteiger partial charge in [-0.2, -0.15) is 0 Å². The van der Waals surface area contributed by atoms with Crippen molar-refractivity contribution in [3.63, 3.8) is 0 Å². The Morgan fingerprint density at radius 3 is 2.81 bits per heavy atom. The molecule has 3 aromatic rings. The predicted octanol–water partition coefficient (Wildman–Crippen LogP) is 5.06. The van der Waals surface area contributed by atoms with Crippen molar-refractivity contribution in [2.75, 3.05) is 5.73 Å². The highest BCUT2D eigenvalue weighted by Crippen LogP contribution is 2.31. The van der Waals surface area contributed by atoms with Gasteiger partial charge in [0.25, 0.3) is 0 Å². The maximum Gasteiger partial charge on any atom is 0.143 e. The lowest BCUT2D eigenvalue weighted by atomic mass is 10.1. The molecule has 21 heavy (non-hydrogen) atoms. The van der Waals surface area contributed by atoms with E-state index in [2.05, 4.69) is 74.3 Å². The summed E-state index contributed by atoms with van der Waals surface area (Å²) in [5.74, 6) is 0.945. The van der Waals surface area contributed by atoms with E-state index in [1.54, 1.807) is 0 Å². The number of halogens is 2. The van der Waals surface area contributed by atoms with Crippen LogP contribution in [0.3, 0.4) is 0 Å². The number of nitrogens with two attached hydrogens (primary N) is 1. The SMILES string of the molecule is CCCn1c(-c2cc(I)ccc2N)nc2cc(Br)ccc21. The van der Waals surface area contributed by atoms with Crippen LogP contribution >= 0.6 is 38.5 Å². The minimum absolute atomic E-state index is 0.766. The van der Waals surface area contributed by atoms with Crippen LogP contribution in [0, 0.1) is 3.57 Å². The number of hydrogen-bond donors (Lipinski definition) is 1. The molecule has 0 radical (unpaired) electrons. The molecular weight excluding hydrogens is 441 g/mol. The molecule has 0 saturated heterocycles. The maximum absolute atomic E-state index is 6.17. The van der Waals surface area contributed by atoms with Crippen LogP contribution < -0.4 is 5.73 Å². The molecular formula is C16H15BrIN3. The van der Waals surface area contributed by atoms with Gasteiger partial charge in [-0.1, -0.05) is 22.9 Å². The summed E-state index contributed by atoms with van der Waals surface area (Å²) in [7, 11) is 0. The molecule has 0 saturated carbocycles. The molecule has 5 heteroatoms. The van der Waals surface area contributed by atoms with Crippen LogP contribution in [0.4, 0.5) is 5.69 Å². The van der Waals surface area contributed by atoms with E-state index in [-0.39, 0.29) is 0 Å². The monoisotopic (exact) mass is 455 g/mol. The molecule has 0 bridgehead atoms. The molecule has 1 heterocycles. The van der Waals surface area contributed by atoms with Gasteiger partial charge in [0.2, 0.25) is 0 Å². The van der Waals surface area contributed by atoms with Gasteiger partial charge < -0.3 is 10.3 Å². The van der Waals surface area contributed by atoms with E-state index in [1.807, 2.05) is 12.1 Å². The zero-order valence-corrected chi connectivity index (χ0v) is 15.3. The second-order valence-electron chi connectivity index (χ2n) is 4.95. The maximum atomic E-state index is 6.17. The Labute approximate surface area is 145 Å². The van der Waals surface area contributed by atoms with Crippen molar-refractivity contribution in [2.24, 2.45) is 0 Å². The number of anilines is 1.